The zero-order valence-electron chi connectivity index (χ0n) is 20.9. The van der Waals surface area contributed by atoms with Crippen molar-refractivity contribution >= 4 is 46.6 Å². The fourth-order valence-electron chi connectivity index (χ4n) is 4.15. The molecule has 0 spiro atoms. The first-order valence-corrected chi connectivity index (χ1v) is 13.8. The summed E-state index contributed by atoms with van der Waals surface area (Å²) in [5.41, 5.74) is 2.11. The van der Waals surface area contributed by atoms with E-state index in [1.807, 2.05) is 24.3 Å². The van der Waals surface area contributed by atoms with Gasteiger partial charge in [0.05, 0.1) is 45.1 Å². The van der Waals surface area contributed by atoms with E-state index >= 15 is 0 Å². The highest BCUT2D eigenvalue weighted by atomic mass is 35.5. The number of carbonyl (C=O) groups is 1. The maximum atomic E-state index is 13.7. The van der Waals surface area contributed by atoms with E-state index < -0.39 is 12.0 Å². The highest BCUT2D eigenvalue weighted by Gasteiger charge is 2.33. The third-order valence-corrected chi connectivity index (χ3v) is 7.69. The lowest BCUT2D eigenvalue weighted by molar-refractivity contribution is -0.139. The Morgan fingerprint density at radius 1 is 1.11 bits per heavy atom. The number of nitrogens with zero attached hydrogens (tertiary/aromatic N) is 2. The van der Waals surface area contributed by atoms with Crippen molar-refractivity contribution in [3.05, 3.63) is 94.6 Å². The monoisotopic (exact) mass is 558 g/mol. The normalized spacial score (nSPS) is 15.4. The number of unbranched alkanes of at least 4 members (excludes halogenated alkanes) is 2. The van der Waals surface area contributed by atoms with Gasteiger partial charge in [0.25, 0.3) is 5.56 Å². The Morgan fingerprint density at radius 3 is 2.54 bits per heavy atom. The average Bonchev–Trinajstić information content (AvgIpc) is 3.18. The smallest absolute Gasteiger partial charge is 0.338 e. The van der Waals surface area contributed by atoms with Gasteiger partial charge in [0.15, 0.2) is 4.80 Å². The van der Waals surface area contributed by atoms with Crippen molar-refractivity contribution in [1.29, 1.82) is 0 Å². The molecule has 0 radical (unpaired) electrons. The number of allylic oxidation sites excluding steroid dienone is 1. The van der Waals surface area contributed by atoms with E-state index in [4.69, 9.17) is 32.7 Å². The van der Waals surface area contributed by atoms with Crippen molar-refractivity contribution in [3.63, 3.8) is 0 Å². The molecular formula is C28H28Cl2N2O4S. The Bertz CT molecular complexity index is 1510. The van der Waals surface area contributed by atoms with Gasteiger partial charge >= 0.3 is 5.97 Å². The number of halogens is 2. The summed E-state index contributed by atoms with van der Waals surface area (Å²) in [5.74, 6) is 0.248. The molecule has 0 saturated heterocycles. The van der Waals surface area contributed by atoms with Crippen LogP contribution >= 0.6 is 34.5 Å². The molecule has 0 fully saturated rings. The molecule has 0 saturated carbocycles. The van der Waals surface area contributed by atoms with Crippen molar-refractivity contribution < 1.29 is 14.3 Å². The second kappa shape index (κ2) is 12.1. The van der Waals surface area contributed by atoms with Crippen molar-refractivity contribution in [1.82, 2.24) is 4.57 Å². The van der Waals surface area contributed by atoms with Gasteiger partial charge in [-0.25, -0.2) is 9.79 Å². The van der Waals surface area contributed by atoms with Crippen LogP contribution in [0.5, 0.6) is 5.75 Å². The molecule has 0 N–H and O–H groups in total. The SMILES string of the molecule is CCCCCOc1ccc(C2C(C(=O)OCC)=C(C)N=c3sc(=Cc4ccc(Cl)c(Cl)c4)c(=O)n32)cc1. The molecule has 37 heavy (non-hydrogen) atoms. The number of thiazole rings is 1. The van der Waals surface area contributed by atoms with Gasteiger partial charge in [-0.2, -0.15) is 0 Å². The molecular weight excluding hydrogens is 531 g/mol. The number of rotatable bonds is 9. The minimum atomic E-state index is -0.680. The Hall–Kier alpha value is -2.87. The largest absolute Gasteiger partial charge is 0.494 e. The Balaban J connectivity index is 1.80. The Kier molecular flexibility index (Phi) is 8.90. The molecule has 1 aliphatic rings. The Morgan fingerprint density at radius 2 is 1.86 bits per heavy atom. The van der Waals surface area contributed by atoms with Crippen LogP contribution in [-0.4, -0.2) is 23.8 Å². The molecule has 0 amide bonds. The number of carbonyl (C=O) groups excluding carboxylic acids is 1. The molecule has 0 aliphatic carbocycles. The van der Waals surface area contributed by atoms with Crippen LogP contribution in [0.2, 0.25) is 10.0 Å². The van der Waals surface area contributed by atoms with Crippen LogP contribution < -0.4 is 19.6 Å². The summed E-state index contributed by atoms with van der Waals surface area (Å²) < 4.78 is 13.2. The minimum absolute atomic E-state index is 0.217. The summed E-state index contributed by atoms with van der Waals surface area (Å²) in [6.07, 6.45) is 4.98. The van der Waals surface area contributed by atoms with Gasteiger partial charge in [-0.15, -0.1) is 0 Å². The molecule has 4 rings (SSSR count). The second-order valence-corrected chi connectivity index (χ2v) is 10.4. The van der Waals surface area contributed by atoms with Crippen LogP contribution in [0.25, 0.3) is 6.08 Å². The zero-order chi connectivity index (χ0) is 26.5. The molecule has 1 aromatic heterocycles. The molecule has 9 heteroatoms. The van der Waals surface area contributed by atoms with E-state index in [2.05, 4.69) is 11.9 Å². The number of hydrogen-bond donors (Lipinski definition) is 0. The molecule has 1 unspecified atom stereocenters. The summed E-state index contributed by atoms with van der Waals surface area (Å²) in [6.45, 7) is 6.52. The van der Waals surface area contributed by atoms with Gasteiger partial charge in [0.2, 0.25) is 0 Å². The van der Waals surface area contributed by atoms with Crippen LogP contribution in [0, 0.1) is 0 Å². The number of hydrogen-bond acceptors (Lipinski definition) is 6. The Labute approximate surface area is 229 Å². The van der Waals surface area contributed by atoms with Crippen LogP contribution in [0.3, 0.4) is 0 Å². The summed E-state index contributed by atoms with van der Waals surface area (Å²) in [5, 5.41) is 0.839. The predicted molar refractivity (Wildman–Crippen MR) is 148 cm³/mol. The van der Waals surface area contributed by atoms with Crippen molar-refractivity contribution in [3.8, 4) is 5.75 Å². The van der Waals surface area contributed by atoms with Crippen LogP contribution in [0.4, 0.5) is 0 Å². The van der Waals surface area contributed by atoms with Gasteiger partial charge in [0, 0.05) is 0 Å². The lowest BCUT2D eigenvalue weighted by Gasteiger charge is -2.24. The first-order chi connectivity index (χ1) is 17.8. The van der Waals surface area contributed by atoms with Gasteiger partial charge in [-0.3, -0.25) is 9.36 Å². The van der Waals surface area contributed by atoms with E-state index in [0.717, 1.165) is 36.1 Å². The molecule has 6 nitrogen and oxygen atoms in total. The highest BCUT2D eigenvalue weighted by molar-refractivity contribution is 7.07. The highest BCUT2D eigenvalue weighted by Crippen LogP contribution is 2.31. The van der Waals surface area contributed by atoms with Gasteiger partial charge in [0.1, 0.15) is 5.75 Å². The van der Waals surface area contributed by atoms with Gasteiger partial charge in [-0.1, -0.05) is 72.5 Å². The molecule has 0 bridgehead atoms. The van der Waals surface area contributed by atoms with Crippen molar-refractivity contribution in [2.24, 2.45) is 4.99 Å². The molecule has 194 valence electrons. The molecule has 1 aliphatic heterocycles. The quantitative estimate of drug-likeness (QED) is 0.250. The molecule has 3 aromatic rings. The van der Waals surface area contributed by atoms with E-state index in [-0.39, 0.29) is 12.2 Å². The number of fused-ring (bicyclic) bond motifs is 1. The maximum absolute atomic E-state index is 13.7. The van der Waals surface area contributed by atoms with E-state index in [1.54, 1.807) is 42.7 Å². The standard InChI is InChI=1S/C28H28Cl2N2O4S/c1-4-6-7-14-36-20-11-9-19(10-12-20)25-24(27(34)35-5-2)17(3)31-28-32(25)26(33)23(37-28)16-18-8-13-21(29)22(30)15-18/h8-13,15-16,25H,4-7,14H2,1-3H3. The summed E-state index contributed by atoms with van der Waals surface area (Å²) in [4.78, 5) is 31.8. The average molecular weight is 560 g/mol. The van der Waals surface area contributed by atoms with Crippen molar-refractivity contribution in [2.45, 2.75) is 46.1 Å². The van der Waals surface area contributed by atoms with E-state index in [1.165, 1.54) is 11.3 Å². The fraction of sp³-hybridized carbons (Fsp3) is 0.321. The third-order valence-electron chi connectivity index (χ3n) is 5.97. The van der Waals surface area contributed by atoms with Crippen LogP contribution in [0.15, 0.2) is 63.5 Å². The minimum Gasteiger partial charge on any atom is -0.494 e. The fourth-order valence-corrected chi connectivity index (χ4v) is 5.50. The topological polar surface area (TPSA) is 69.9 Å². The first kappa shape index (κ1) is 27.2. The molecule has 1 atom stereocenters. The summed E-state index contributed by atoms with van der Waals surface area (Å²) in [6, 6.07) is 12.0. The molecule has 2 heterocycles. The van der Waals surface area contributed by atoms with E-state index in [9.17, 15) is 9.59 Å². The first-order valence-electron chi connectivity index (χ1n) is 12.2. The summed E-state index contributed by atoms with van der Waals surface area (Å²) >= 11 is 13.5. The third kappa shape index (κ3) is 6.00. The zero-order valence-corrected chi connectivity index (χ0v) is 23.3. The number of benzene rings is 2. The lowest BCUT2D eigenvalue weighted by Crippen LogP contribution is -2.39. The maximum Gasteiger partial charge on any atom is 0.338 e. The van der Waals surface area contributed by atoms with Crippen LogP contribution in [-0.2, 0) is 9.53 Å². The lowest BCUT2D eigenvalue weighted by atomic mass is 9.96. The summed E-state index contributed by atoms with van der Waals surface area (Å²) in [7, 11) is 0. The number of esters is 1. The van der Waals surface area contributed by atoms with E-state index in [0.29, 0.717) is 37.3 Å². The van der Waals surface area contributed by atoms with Crippen LogP contribution in [0.1, 0.15) is 57.2 Å². The predicted octanol–water partition coefficient (Wildman–Crippen LogP) is 5.67. The second-order valence-electron chi connectivity index (χ2n) is 8.60. The number of ether oxygens (including phenoxy) is 2. The van der Waals surface area contributed by atoms with Gasteiger partial charge < -0.3 is 9.47 Å². The number of aromatic nitrogens is 1. The van der Waals surface area contributed by atoms with Crippen molar-refractivity contribution in [2.75, 3.05) is 13.2 Å². The molecule has 2 aromatic carbocycles. The van der Waals surface area contributed by atoms with Gasteiger partial charge in [-0.05, 0) is 61.7 Å².